The van der Waals surface area contributed by atoms with E-state index in [4.69, 9.17) is 9.47 Å². The zero-order valence-electron chi connectivity index (χ0n) is 15.9. The second-order valence-electron chi connectivity index (χ2n) is 6.78. The Morgan fingerprint density at radius 2 is 2.04 bits per heavy atom. The summed E-state index contributed by atoms with van der Waals surface area (Å²) in [4.78, 5) is 23.7. The molecule has 3 rings (SSSR count). The van der Waals surface area contributed by atoms with Crippen LogP contribution in [0.2, 0.25) is 0 Å². The van der Waals surface area contributed by atoms with Crippen molar-refractivity contribution in [2.45, 2.75) is 45.6 Å². The van der Waals surface area contributed by atoms with Gasteiger partial charge in [-0.15, -0.1) is 0 Å². The number of aromatic nitrogens is 1. The lowest BCUT2D eigenvalue weighted by Gasteiger charge is -2.31. The number of aromatic carboxylic acids is 1. The number of methoxy groups -OCH3 is 1. The summed E-state index contributed by atoms with van der Waals surface area (Å²) in [5, 5.41) is 9.29. The van der Waals surface area contributed by atoms with Gasteiger partial charge in [-0.05, 0) is 37.0 Å². The maximum atomic E-state index is 12.3. The summed E-state index contributed by atoms with van der Waals surface area (Å²) in [6.45, 7) is 4.79. The quantitative estimate of drug-likeness (QED) is 0.747. The molecule has 2 aromatic rings. The van der Waals surface area contributed by atoms with E-state index in [1.165, 1.54) is 12.3 Å². The first-order chi connectivity index (χ1) is 13.0. The van der Waals surface area contributed by atoms with E-state index in [1.807, 2.05) is 16.7 Å². The second kappa shape index (κ2) is 7.86. The van der Waals surface area contributed by atoms with E-state index < -0.39 is 11.4 Å². The Balaban J connectivity index is 2.14. The molecule has 1 aromatic carbocycles. The lowest BCUT2D eigenvalue weighted by molar-refractivity contribution is 0.0694. The summed E-state index contributed by atoms with van der Waals surface area (Å²) >= 11 is 0. The average Bonchev–Trinajstić information content (AvgIpc) is 2.66. The highest BCUT2D eigenvalue weighted by molar-refractivity contribution is 5.87. The van der Waals surface area contributed by atoms with Crippen molar-refractivity contribution in [1.82, 2.24) is 4.57 Å². The number of unbranched alkanes of at least 4 members (excludes halogenated alkanes) is 1. The van der Waals surface area contributed by atoms with E-state index >= 15 is 0 Å². The van der Waals surface area contributed by atoms with E-state index in [-0.39, 0.29) is 11.6 Å². The fourth-order valence-electron chi connectivity index (χ4n) is 3.53. The van der Waals surface area contributed by atoms with E-state index in [0.717, 1.165) is 42.5 Å². The Morgan fingerprint density at radius 3 is 2.67 bits per heavy atom. The molecule has 6 nitrogen and oxygen atoms in total. The number of benzene rings is 1. The van der Waals surface area contributed by atoms with Gasteiger partial charge in [0.25, 0.3) is 0 Å². The van der Waals surface area contributed by atoms with Crippen molar-refractivity contribution in [2.24, 2.45) is 0 Å². The SMILES string of the molecule is CCCCOc1cc2c(cc1OC)-c1cc(=O)c(C(=O)O)cn1C(CC)C2. The van der Waals surface area contributed by atoms with Crippen LogP contribution in [-0.2, 0) is 6.42 Å². The van der Waals surface area contributed by atoms with Crippen molar-refractivity contribution in [3.05, 3.63) is 45.7 Å². The molecule has 0 bridgehead atoms. The minimum absolute atomic E-state index is 0.0862. The first-order valence-corrected chi connectivity index (χ1v) is 9.33. The van der Waals surface area contributed by atoms with Crippen molar-refractivity contribution in [3.8, 4) is 22.8 Å². The first kappa shape index (κ1) is 19.0. The van der Waals surface area contributed by atoms with Crippen LogP contribution < -0.4 is 14.9 Å². The number of hydrogen-bond donors (Lipinski definition) is 1. The van der Waals surface area contributed by atoms with Crippen LogP contribution in [0, 0.1) is 0 Å². The third-order valence-electron chi connectivity index (χ3n) is 5.05. The second-order valence-corrected chi connectivity index (χ2v) is 6.78. The smallest absolute Gasteiger partial charge is 0.341 e. The van der Waals surface area contributed by atoms with Gasteiger partial charge in [-0.1, -0.05) is 20.3 Å². The Hall–Kier alpha value is -2.76. The summed E-state index contributed by atoms with van der Waals surface area (Å²) in [6, 6.07) is 5.38. The van der Waals surface area contributed by atoms with E-state index in [9.17, 15) is 14.7 Å². The van der Waals surface area contributed by atoms with Crippen molar-refractivity contribution in [1.29, 1.82) is 0 Å². The van der Waals surface area contributed by atoms with Gasteiger partial charge in [0.1, 0.15) is 5.56 Å². The van der Waals surface area contributed by atoms with Crippen LogP contribution in [0.5, 0.6) is 11.5 Å². The molecule has 1 aliphatic heterocycles. The number of carboxylic acid groups (broad SMARTS) is 1. The van der Waals surface area contributed by atoms with Crippen LogP contribution in [0.4, 0.5) is 0 Å². The number of rotatable bonds is 7. The minimum atomic E-state index is -1.20. The van der Waals surface area contributed by atoms with Crippen LogP contribution >= 0.6 is 0 Å². The molecule has 0 saturated carbocycles. The summed E-state index contributed by atoms with van der Waals surface area (Å²) in [6.07, 6.45) is 5.05. The number of hydrogen-bond acceptors (Lipinski definition) is 4. The number of carbonyl (C=O) groups is 1. The molecule has 0 fully saturated rings. The van der Waals surface area contributed by atoms with Crippen molar-refractivity contribution in [3.63, 3.8) is 0 Å². The van der Waals surface area contributed by atoms with Gasteiger partial charge < -0.3 is 19.1 Å². The predicted molar refractivity (Wildman–Crippen MR) is 103 cm³/mol. The van der Waals surface area contributed by atoms with Gasteiger partial charge in [0, 0.05) is 23.9 Å². The lowest BCUT2D eigenvalue weighted by atomic mass is 9.90. The third-order valence-corrected chi connectivity index (χ3v) is 5.05. The Bertz CT molecular complexity index is 916. The Labute approximate surface area is 158 Å². The molecule has 0 aliphatic carbocycles. The van der Waals surface area contributed by atoms with Crippen molar-refractivity contribution < 1.29 is 19.4 Å². The molecule has 0 amide bonds. The lowest BCUT2D eigenvalue weighted by Crippen LogP contribution is -2.25. The van der Waals surface area contributed by atoms with Crippen LogP contribution in [-0.4, -0.2) is 29.4 Å². The monoisotopic (exact) mass is 371 g/mol. The van der Waals surface area contributed by atoms with E-state index in [2.05, 4.69) is 13.8 Å². The zero-order chi connectivity index (χ0) is 19.6. The van der Waals surface area contributed by atoms with Crippen molar-refractivity contribution >= 4 is 5.97 Å². The van der Waals surface area contributed by atoms with Gasteiger partial charge in [0.05, 0.1) is 19.4 Å². The highest BCUT2D eigenvalue weighted by atomic mass is 16.5. The number of nitrogens with zero attached hydrogens (tertiary/aromatic N) is 1. The van der Waals surface area contributed by atoms with Gasteiger partial charge in [-0.3, -0.25) is 4.79 Å². The molecule has 144 valence electrons. The maximum Gasteiger partial charge on any atom is 0.341 e. The fraction of sp³-hybridized carbons (Fsp3) is 0.429. The zero-order valence-corrected chi connectivity index (χ0v) is 15.9. The number of pyridine rings is 1. The van der Waals surface area contributed by atoms with Gasteiger partial charge in [-0.25, -0.2) is 4.79 Å². The fourth-order valence-corrected chi connectivity index (χ4v) is 3.53. The standard InChI is InChI=1S/C21H25NO5/c1-4-6-7-27-20-9-13-8-14(5-2)22-12-16(21(24)25)18(23)11-17(22)15(13)10-19(20)26-3/h9-12,14H,4-8H2,1-3H3,(H,24,25). The van der Waals surface area contributed by atoms with Gasteiger partial charge in [0.2, 0.25) is 0 Å². The molecule has 1 aliphatic rings. The first-order valence-electron chi connectivity index (χ1n) is 9.33. The summed E-state index contributed by atoms with van der Waals surface area (Å²) in [5.41, 5.74) is 1.99. The minimum Gasteiger partial charge on any atom is -0.493 e. The van der Waals surface area contributed by atoms with Crippen molar-refractivity contribution in [2.75, 3.05) is 13.7 Å². The summed E-state index contributed by atoms with van der Waals surface area (Å²) in [5.74, 6) is 0.117. The third kappa shape index (κ3) is 3.56. The maximum absolute atomic E-state index is 12.3. The van der Waals surface area contributed by atoms with Crippen LogP contribution in [0.3, 0.4) is 0 Å². The molecule has 1 N–H and O–H groups in total. The molecule has 2 heterocycles. The molecular formula is C21H25NO5. The molecule has 0 radical (unpaired) electrons. The molecule has 1 aromatic heterocycles. The molecule has 27 heavy (non-hydrogen) atoms. The molecule has 6 heteroatoms. The predicted octanol–water partition coefficient (Wildman–Crippen LogP) is 3.91. The van der Waals surface area contributed by atoms with Crippen LogP contribution in [0.25, 0.3) is 11.3 Å². The largest absolute Gasteiger partial charge is 0.493 e. The topological polar surface area (TPSA) is 77.8 Å². The molecule has 1 unspecified atom stereocenters. The molecule has 0 spiro atoms. The normalized spacial score (nSPS) is 15.0. The summed E-state index contributed by atoms with van der Waals surface area (Å²) in [7, 11) is 1.59. The molecule has 1 atom stereocenters. The van der Waals surface area contributed by atoms with E-state index in [0.29, 0.717) is 18.1 Å². The van der Waals surface area contributed by atoms with Gasteiger partial charge in [0.15, 0.2) is 16.9 Å². The van der Waals surface area contributed by atoms with Gasteiger partial charge in [-0.2, -0.15) is 0 Å². The summed E-state index contributed by atoms with van der Waals surface area (Å²) < 4.78 is 13.3. The molecule has 0 saturated heterocycles. The highest BCUT2D eigenvalue weighted by Gasteiger charge is 2.26. The molecular weight excluding hydrogens is 346 g/mol. The van der Waals surface area contributed by atoms with E-state index in [1.54, 1.807) is 7.11 Å². The number of ether oxygens (including phenoxy) is 2. The van der Waals surface area contributed by atoms with Crippen LogP contribution in [0.15, 0.2) is 29.2 Å². The number of fused-ring (bicyclic) bond motifs is 3. The Kier molecular flexibility index (Phi) is 5.54. The number of carboxylic acids is 1. The Morgan fingerprint density at radius 1 is 1.26 bits per heavy atom. The van der Waals surface area contributed by atoms with Gasteiger partial charge >= 0.3 is 5.97 Å². The van der Waals surface area contributed by atoms with Crippen LogP contribution in [0.1, 0.15) is 55.1 Å². The highest BCUT2D eigenvalue weighted by Crippen LogP contribution is 2.41. The average molecular weight is 371 g/mol.